The van der Waals surface area contributed by atoms with Gasteiger partial charge in [-0.25, -0.2) is 4.98 Å². The van der Waals surface area contributed by atoms with Crippen molar-refractivity contribution in [1.82, 2.24) is 9.55 Å². The highest BCUT2D eigenvalue weighted by Crippen LogP contribution is 2.20. The molecule has 0 radical (unpaired) electrons. The van der Waals surface area contributed by atoms with Crippen molar-refractivity contribution in [3.8, 4) is 12.3 Å². The Hall–Kier alpha value is -2.05. The molecule has 0 aliphatic heterocycles. The summed E-state index contributed by atoms with van der Waals surface area (Å²) in [5.41, 5.74) is 2.13. The topological polar surface area (TPSA) is 17.8 Å². The zero-order chi connectivity index (χ0) is 12.4. The van der Waals surface area contributed by atoms with Crippen LogP contribution in [0.15, 0.2) is 41.8 Å². The fraction of sp³-hybridized carbons (Fsp3) is 0.133. The van der Waals surface area contributed by atoms with E-state index in [1.165, 1.54) is 4.88 Å². The molecule has 3 rings (SSSR count). The van der Waals surface area contributed by atoms with Gasteiger partial charge in [0.15, 0.2) is 0 Å². The van der Waals surface area contributed by atoms with Crippen LogP contribution < -0.4 is 0 Å². The molecule has 0 spiro atoms. The quantitative estimate of drug-likeness (QED) is 0.654. The van der Waals surface area contributed by atoms with Crippen LogP contribution in [0, 0.1) is 12.3 Å². The number of hydrogen-bond acceptors (Lipinski definition) is 2. The average molecular weight is 252 g/mol. The van der Waals surface area contributed by atoms with Gasteiger partial charge in [0.1, 0.15) is 5.82 Å². The van der Waals surface area contributed by atoms with Crippen molar-refractivity contribution in [2.24, 2.45) is 0 Å². The van der Waals surface area contributed by atoms with Crippen LogP contribution in [0.1, 0.15) is 10.7 Å². The second-order valence-electron chi connectivity index (χ2n) is 4.06. The van der Waals surface area contributed by atoms with Crippen LogP contribution >= 0.6 is 11.3 Å². The number of nitrogens with zero attached hydrogens (tertiary/aromatic N) is 2. The molecule has 3 aromatic rings. The first-order valence-corrected chi connectivity index (χ1v) is 6.66. The number of rotatable bonds is 3. The molecule has 0 fully saturated rings. The fourth-order valence-electron chi connectivity index (χ4n) is 2.10. The number of fused-ring (bicyclic) bond motifs is 1. The summed E-state index contributed by atoms with van der Waals surface area (Å²) in [5, 5.41) is 2.09. The molecule has 0 aliphatic rings. The van der Waals surface area contributed by atoms with Gasteiger partial charge in [0.25, 0.3) is 0 Å². The van der Waals surface area contributed by atoms with Gasteiger partial charge in [0.2, 0.25) is 0 Å². The third-order valence-corrected chi connectivity index (χ3v) is 3.77. The van der Waals surface area contributed by atoms with Gasteiger partial charge in [0.05, 0.1) is 17.6 Å². The summed E-state index contributed by atoms with van der Waals surface area (Å²) >= 11 is 1.75. The van der Waals surface area contributed by atoms with Gasteiger partial charge in [-0.1, -0.05) is 24.1 Å². The Morgan fingerprint density at radius 3 is 2.89 bits per heavy atom. The lowest BCUT2D eigenvalue weighted by Gasteiger charge is -2.03. The summed E-state index contributed by atoms with van der Waals surface area (Å²) in [6.45, 7) is 0.571. The van der Waals surface area contributed by atoms with E-state index in [0.29, 0.717) is 6.54 Å². The van der Waals surface area contributed by atoms with E-state index in [0.717, 1.165) is 23.3 Å². The summed E-state index contributed by atoms with van der Waals surface area (Å²) in [7, 11) is 0. The smallest absolute Gasteiger partial charge is 0.115 e. The van der Waals surface area contributed by atoms with Gasteiger partial charge in [0, 0.05) is 11.3 Å². The summed E-state index contributed by atoms with van der Waals surface area (Å²) in [4.78, 5) is 5.99. The largest absolute Gasteiger partial charge is 0.316 e. The number of benzene rings is 1. The summed E-state index contributed by atoms with van der Waals surface area (Å²) in [5.74, 6) is 3.75. The molecule has 0 saturated carbocycles. The fourth-order valence-corrected chi connectivity index (χ4v) is 2.80. The van der Waals surface area contributed by atoms with E-state index < -0.39 is 0 Å². The number of para-hydroxylation sites is 2. The van der Waals surface area contributed by atoms with E-state index in [4.69, 9.17) is 6.42 Å². The van der Waals surface area contributed by atoms with Crippen LogP contribution in [0.4, 0.5) is 0 Å². The van der Waals surface area contributed by atoms with E-state index >= 15 is 0 Å². The Morgan fingerprint density at radius 1 is 1.22 bits per heavy atom. The predicted octanol–water partition coefficient (Wildman–Crippen LogP) is 3.32. The molecular weight excluding hydrogens is 240 g/mol. The minimum absolute atomic E-state index is 0.571. The van der Waals surface area contributed by atoms with Crippen molar-refractivity contribution in [1.29, 1.82) is 0 Å². The Bertz CT molecular complexity index is 702. The van der Waals surface area contributed by atoms with E-state index in [1.807, 2.05) is 18.2 Å². The second kappa shape index (κ2) is 4.67. The zero-order valence-electron chi connectivity index (χ0n) is 9.84. The van der Waals surface area contributed by atoms with Crippen molar-refractivity contribution < 1.29 is 0 Å². The number of thiophene rings is 1. The monoisotopic (exact) mass is 252 g/mol. The molecule has 0 atom stereocenters. The minimum atomic E-state index is 0.571. The van der Waals surface area contributed by atoms with Crippen molar-refractivity contribution >= 4 is 22.4 Å². The first kappa shape index (κ1) is 11.1. The van der Waals surface area contributed by atoms with Crippen LogP contribution in [-0.2, 0) is 13.0 Å². The number of terminal acetylenes is 1. The van der Waals surface area contributed by atoms with E-state index in [1.54, 1.807) is 11.3 Å². The number of hydrogen-bond donors (Lipinski definition) is 0. The van der Waals surface area contributed by atoms with Gasteiger partial charge >= 0.3 is 0 Å². The molecule has 2 heterocycles. The van der Waals surface area contributed by atoms with E-state index in [-0.39, 0.29) is 0 Å². The van der Waals surface area contributed by atoms with Crippen LogP contribution in [0.5, 0.6) is 0 Å². The van der Waals surface area contributed by atoms with Crippen molar-refractivity contribution in [2.75, 3.05) is 0 Å². The summed E-state index contributed by atoms with van der Waals surface area (Å²) in [6, 6.07) is 12.3. The molecule has 18 heavy (non-hydrogen) atoms. The standard InChI is InChI=1S/C15H12N2S/c1-2-9-17-14-8-4-3-7-13(14)16-15(17)11-12-6-5-10-18-12/h1,3-8,10H,9,11H2. The molecule has 1 aromatic carbocycles. The summed E-state index contributed by atoms with van der Waals surface area (Å²) in [6.07, 6.45) is 6.30. The van der Waals surface area contributed by atoms with Gasteiger partial charge < -0.3 is 4.57 Å². The van der Waals surface area contributed by atoms with Crippen molar-refractivity contribution in [3.05, 3.63) is 52.5 Å². The van der Waals surface area contributed by atoms with Gasteiger partial charge in [-0.05, 0) is 23.6 Å². The van der Waals surface area contributed by atoms with Gasteiger partial charge in [-0.2, -0.15) is 0 Å². The lowest BCUT2D eigenvalue weighted by atomic mass is 10.3. The highest BCUT2D eigenvalue weighted by Gasteiger charge is 2.10. The molecule has 0 amide bonds. The number of imidazole rings is 1. The minimum Gasteiger partial charge on any atom is -0.316 e. The third-order valence-electron chi connectivity index (χ3n) is 2.90. The Morgan fingerprint density at radius 2 is 2.11 bits per heavy atom. The molecule has 0 bridgehead atoms. The molecule has 0 aliphatic carbocycles. The predicted molar refractivity (Wildman–Crippen MR) is 75.7 cm³/mol. The van der Waals surface area contributed by atoms with Crippen LogP contribution in [0.25, 0.3) is 11.0 Å². The molecule has 0 unspecified atom stereocenters. The maximum absolute atomic E-state index is 5.46. The van der Waals surface area contributed by atoms with E-state index in [9.17, 15) is 0 Å². The molecule has 2 aromatic heterocycles. The Labute approximate surface area is 110 Å². The SMILES string of the molecule is C#CCn1c(Cc2cccs2)nc2ccccc21. The number of aromatic nitrogens is 2. The van der Waals surface area contributed by atoms with Crippen LogP contribution in [0.3, 0.4) is 0 Å². The zero-order valence-corrected chi connectivity index (χ0v) is 10.7. The van der Waals surface area contributed by atoms with Gasteiger partial charge in [-0.3, -0.25) is 0 Å². The Kier molecular flexibility index (Phi) is 2.87. The molecule has 2 nitrogen and oxygen atoms in total. The van der Waals surface area contributed by atoms with Crippen LogP contribution in [-0.4, -0.2) is 9.55 Å². The van der Waals surface area contributed by atoms with E-state index in [2.05, 4.69) is 39.1 Å². The molecule has 88 valence electrons. The first-order chi connectivity index (χ1) is 8.88. The second-order valence-corrected chi connectivity index (χ2v) is 5.10. The van der Waals surface area contributed by atoms with Crippen molar-refractivity contribution in [3.63, 3.8) is 0 Å². The third kappa shape index (κ3) is 1.92. The molecule has 3 heteroatoms. The highest BCUT2D eigenvalue weighted by molar-refractivity contribution is 7.09. The Balaban J connectivity index is 2.10. The normalized spacial score (nSPS) is 10.6. The van der Waals surface area contributed by atoms with Crippen molar-refractivity contribution in [2.45, 2.75) is 13.0 Å². The maximum Gasteiger partial charge on any atom is 0.115 e. The lowest BCUT2D eigenvalue weighted by molar-refractivity contribution is 0.798. The molecule has 0 saturated heterocycles. The lowest BCUT2D eigenvalue weighted by Crippen LogP contribution is -2.02. The average Bonchev–Trinajstić information content (AvgIpc) is 3.00. The highest BCUT2D eigenvalue weighted by atomic mass is 32.1. The molecular formula is C15H12N2S. The van der Waals surface area contributed by atoms with Crippen LogP contribution in [0.2, 0.25) is 0 Å². The molecule has 0 N–H and O–H groups in total. The summed E-state index contributed by atoms with van der Waals surface area (Å²) < 4.78 is 2.12. The van der Waals surface area contributed by atoms with Gasteiger partial charge in [-0.15, -0.1) is 17.8 Å². The first-order valence-electron chi connectivity index (χ1n) is 5.78. The maximum atomic E-state index is 5.46.